The van der Waals surface area contributed by atoms with Gasteiger partial charge in [-0.05, 0) is 12.8 Å². The van der Waals surface area contributed by atoms with Crippen molar-refractivity contribution >= 4 is 17.2 Å². The molecular formula is C10H19NS. The van der Waals surface area contributed by atoms with Gasteiger partial charge in [-0.1, -0.05) is 38.6 Å². The number of hydrogen-bond acceptors (Lipinski definition) is 1. The molecule has 0 aliphatic heterocycles. The van der Waals surface area contributed by atoms with Crippen LogP contribution in [0.15, 0.2) is 12.7 Å². The maximum atomic E-state index is 5.23. The molecule has 0 unspecified atom stereocenters. The fraction of sp³-hybridized carbons (Fsp3) is 0.700. The predicted octanol–water partition coefficient (Wildman–Crippen LogP) is 3.01. The van der Waals surface area contributed by atoms with Crippen molar-refractivity contribution in [3.05, 3.63) is 12.7 Å². The molecule has 12 heavy (non-hydrogen) atoms. The number of nitrogens with zero attached hydrogens (tertiary/aromatic N) is 1. The molecule has 0 fully saturated rings. The highest BCUT2D eigenvalue weighted by atomic mass is 32.1. The van der Waals surface area contributed by atoms with Crippen LogP contribution in [-0.4, -0.2) is 23.0 Å². The van der Waals surface area contributed by atoms with Crippen LogP contribution in [0.4, 0.5) is 0 Å². The lowest BCUT2D eigenvalue weighted by Crippen LogP contribution is -2.30. The van der Waals surface area contributed by atoms with Gasteiger partial charge in [0.1, 0.15) is 0 Å². The summed E-state index contributed by atoms with van der Waals surface area (Å²) in [7, 11) is 0. The molecule has 70 valence electrons. The number of hydrogen-bond donors (Lipinski definition) is 0. The van der Waals surface area contributed by atoms with Gasteiger partial charge in [-0.2, -0.15) is 0 Å². The van der Waals surface area contributed by atoms with Crippen LogP contribution in [0.5, 0.6) is 0 Å². The van der Waals surface area contributed by atoms with Crippen LogP contribution in [0.25, 0.3) is 0 Å². The Hall–Kier alpha value is -0.370. The summed E-state index contributed by atoms with van der Waals surface area (Å²) in [5.41, 5.74) is 0. The number of unbranched alkanes of at least 4 members (excludes halogenated alkanes) is 1. The Morgan fingerprint density at radius 1 is 1.50 bits per heavy atom. The van der Waals surface area contributed by atoms with Gasteiger partial charge in [0.15, 0.2) is 0 Å². The molecule has 0 bridgehead atoms. The summed E-state index contributed by atoms with van der Waals surface area (Å²) in [6.45, 7) is 10.00. The second kappa shape index (κ2) is 7.29. The highest BCUT2D eigenvalue weighted by Gasteiger charge is 2.03. The van der Waals surface area contributed by atoms with Gasteiger partial charge in [0.25, 0.3) is 0 Å². The molecule has 0 saturated heterocycles. The Morgan fingerprint density at radius 2 is 2.17 bits per heavy atom. The first-order chi connectivity index (χ1) is 5.76. The average Bonchev–Trinajstić information content (AvgIpc) is 2.11. The second-order valence-corrected chi connectivity index (χ2v) is 3.31. The van der Waals surface area contributed by atoms with Gasteiger partial charge in [0.05, 0.1) is 4.99 Å². The van der Waals surface area contributed by atoms with Gasteiger partial charge in [-0.25, -0.2) is 0 Å². The van der Waals surface area contributed by atoms with Crippen LogP contribution in [0.1, 0.15) is 33.1 Å². The smallest absolute Gasteiger partial charge is 0.0779 e. The zero-order valence-electron chi connectivity index (χ0n) is 8.18. The van der Waals surface area contributed by atoms with Crippen molar-refractivity contribution in [2.75, 3.05) is 13.1 Å². The lowest BCUT2D eigenvalue weighted by Gasteiger charge is -2.22. The molecule has 0 amide bonds. The largest absolute Gasteiger partial charge is 0.362 e. The van der Waals surface area contributed by atoms with E-state index in [-0.39, 0.29) is 0 Å². The van der Waals surface area contributed by atoms with Crippen molar-refractivity contribution in [3.63, 3.8) is 0 Å². The summed E-state index contributed by atoms with van der Waals surface area (Å²) in [4.78, 5) is 3.29. The Balaban J connectivity index is 3.84. The molecule has 1 nitrogen and oxygen atoms in total. The molecule has 0 aromatic carbocycles. The SMILES string of the molecule is C=CCN(CCCC)C(=S)CC. The van der Waals surface area contributed by atoms with Crippen LogP contribution >= 0.6 is 12.2 Å². The molecule has 0 aromatic rings. The monoisotopic (exact) mass is 185 g/mol. The molecule has 0 aliphatic carbocycles. The molecule has 0 aliphatic rings. The van der Waals surface area contributed by atoms with Crippen molar-refractivity contribution in [1.82, 2.24) is 4.90 Å². The quantitative estimate of drug-likeness (QED) is 0.462. The minimum Gasteiger partial charge on any atom is -0.362 e. The van der Waals surface area contributed by atoms with E-state index in [1.165, 1.54) is 12.8 Å². The standard InChI is InChI=1S/C10H19NS/c1-4-7-9-11(8-5-2)10(12)6-3/h5H,2,4,6-9H2,1,3H3. The van der Waals surface area contributed by atoms with E-state index < -0.39 is 0 Å². The van der Waals surface area contributed by atoms with E-state index >= 15 is 0 Å². The van der Waals surface area contributed by atoms with Crippen molar-refractivity contribution in [2.24, 2.45) is 0 Å². The third kappa shape index (κ3) is 4.50. The highest BCUT2D eigenvalue weighted by Crippen LogP contribution is 2.00. The van der Waals surface area contributed by atoms with Crippen molar-refractivity contribution in [3.8, 4) is 0 Å². The third-order valence-electron chi connectivity index (χ3n) is 1.79. The van der Waals surface area contributed by atoms with E-state index in [2.05, 4.69) is 25.3 Å². The van der Waals surface area contributed by atoms with E-state index in [0.717, 1.165) is 24.5 Å². The zero-order chi connectivity index (χ0) is 9.40. The Bertz CT molecular complexity index is 143. The molecule has 0 spiro atoms. The summed E-state index contributed by atoms with van der Waals surface area (Å²) >= 11 is 5.23. The number of rotatable bonds is 6. The molecule has 2 heteroatoms. The minimum atomic E-state index is 0.896. The van der Waals surface area contributed by atoms with Crippen LogP contribution in [-0.2, 0) is 0 Å². The number of thiocarbonyl (C=S) groups is 1. The summed E-state index contributed by atoms with van der Waals surface area (Å²) in [6, 6.07) is 0. The second-order valence-electron chi connectivity index (χ2n) is 2.84. The van der Waals surface area contributed by atoms with E-state index in [4.69, 9.17) is 12.2 Å². The maximum Gasteiger partial charge on any atom is 0.0779 e. The van der Waals surface area contributed by atoms with Gasteiger partial charge < -0.3 is 4.90 Å². The Kier molecular flexibility index (Phi) is 7.06. The lowest BCUT2D eigenvalue weighted by molar-refractivity contribution is 0.447. The third-order valence-corrected chi connectivity index (χ3v) is 2.33. The maximum absolute atomic E-state index is 5.23. The zero-order valence-corrected chi connectivity index (χ0v) is 8.99. The molecule has 0 heterocycles. The summed E-state index contributed by atoms with van der Waals surface area (Å²) < 4.78 is 0. The van der Waals surface area contributed by atoms with Gasteiger partial charge in [-0.3, -0.25) is 0 Å². The molecule has 0 atom stereocenters. The van der Waals surface area contributed by atoms with Crippen molar-refractivity contribution in [1.29, 1.82) is 0 Å². The van der Waals surface area contributed by atoms with Crippen LogP contribution in [0.3, 0.4) is 0 Å². The van der Waals surface area contributed by atoms with E-state index in [9.17, 15) is 0 Å². The van der Waals surface area contributed by atoms with E-state index in [0.29, 0.717) is 0 Å². The van der Waals surface area contributed by atoms with Crippen molar-refractivity contribution in [2.45, 2.75) is 33.1 Å². The van der Waals surface area contributed by atoms with Crippen LogP contribution in [0, 0.1) is 0 Å². The van der Waals surface area contributed by atoms with Gasteiger partial charge in [0.2, 0.25) is 0 Å². The van der Waals surface area contributed by atoms with Crippen LogP contribution in [0.2, 0.25) is 0 Å². The topological polar surface area (TPSA) is 3.24 Å². The molecule has 0 saturated carbocycles. The fourth-order valence-electron chi connectivity index (χ4n) is 1.05. The molecule has 0 N–H and O–H groups in total. The summed E-state index contributed by atoms with van der Waals surface area (Å²) in [5, 5.41) is 0. The molecule has 0 rings (SSSR count). The first-order valence-electron chi connectivity index (χ1n) is 4.64. The van der Waals surface area contributed by atoms with E-state index in [1.54, 1.807) is 0 Å². The van der Waals surface area contributed by atoms with E-state index in [1.807, 2.05) is 6.08 Å². The Labute approximate surface area is 81.5 Å². The first-order valence-corrected chi connectivity index (χ1v) is 5.05. The predicted molar refractivity (Wildman–Crippen MR) is 59.6 cm³/mol. The Morgan fingerprint density at radius 3 is 2.58 bits per heavy atom. The van der Waals surface area contributed by atoms with Gasteiger partial charge in [-0.15, -0.1) is 6.58 Å². The lowest BCUT2D eigenvalue weighted by atomic mass is 10.3. The van der Waals surface area contributed by atoms with Gasteiger partial charge >= 0.3 is 0 Å². The van der Waals surface area contributed by atoms with Crippen LogP contribution < -0.4 is 0 Å². The molecule has 0 aromatic heterocycles. The summed E-state index contributed by atoms with van der Waals surface area (Å²) in [6.07, 6.45) is 5.32. The summed E-state index contributed by atoms with van der Waals surface area (Å²) in [5.74, 6) is 0. The highest BCUT2D eigenvalue weighted by molar-refractivity contribution is 7.80. The van der Waals surface area contributed by atoms with Gasteiger partial charge in [0, 0.05) is 13.1 Å². The minimum absolute atomic E-state index is 0.896. The molecule has 0 radical (unpaired) electrons. The normalized spacial score (nSPS) is 9.50. The average molecular weight is 185 g/mol. The fourth-order valence-corrected chi connectivity index (χ4v) is 1.21. The molecular weight excluding hydrogens is 166 g/mol. The first kappa shape index (κ1) is 11.6. The van der Waals surface area contributed by atoms with Crippen molar-refractivity contribution < 1.29 is 0 Å².